The van der Waals surface area contributed by atoms with E-state index in [0.717, 1.165) is 28.9 Å². The van der Waals surface area contributed by atoms with E-state index in [4.69, 9.17) is 4.99 Å². The van der Waals surface area contributed by atoms with Crippen LogP contribution in [0.4, 0.5) is 0 Å². The number of benzene rings is 1. The van der Waals surface area contributed by atoms with E-state index >= 15 is 0 Å². The van der Waals surface area contributed by atoms with E-state index in [9.17, 15) is 4.79 Å². The molecule has 2 aliphatic rings. The van der Waals surface area contributed by atoms with Gasteiger partial charge >= 0.3 is 0 Å². The SMILES string of the molecule is CC1=C(C2=Cc3cc(-c4cc(C(=O)NCc5cncnc5)nn4C)ccc3C(C)C(C)C2)N=CC=CC1C. The van der Waals surface area contributed by atoms with Gasteiger partial charge in [-0.25, -0.2) is 9.97 Å². The topological polar surface area (TPSA) is 85.1 Å². The highest BCUT2D eigenvalue weighted by molar-refractivity contribution is 5.93. The Labute approximate surface area is 224 Å². The third-order valence-electron chi connectivity index (χ3n) is 7.83. The van der Waals surface area contributed by atoms with Crippen molar-refractivity contribution in [2.75, 3.05) is 0 Å². The zero-order chi connectivity index (χ0) is 26.8. The van der Waals surface area contributed by atoms with E-state index in [1.54, 1.807) is 17.1 Å². The smallest absolute Gasteiger partial charge is 0.272 e. The minimum Gasteiger partial charge on any atom is -0.346 e. The average molecular weight is 507 g/mol. The molecular formula is C31H34N6O. The third-order valence-corrected chi connectivity index (χ3v) is 7.83. The van der Waals surface area contributed by atoms with Crippen LogP contribution < -0.4 is 5.32 Å². The van der Waals surface area contributed by atoms with Gasteiger partial charge in [-0.2, -0.15) is 5.10 Å². The van der Waals surface area contributed by atoms with Gasteiger partial charge in [0.2, 0.25) is 0 Å². The highest BCUT2D eigenvalue weighted by Crippen LogP contribution is 2.41. The van der Waals surface area contributed by atoms with Gasteiger partial charge in [-0.15, -0.1) is 0 Å². The second-order valence-electron chi connectivity index (χ2n) is 10.4. The Balaban J connectivity index is 1.48. The number of aliphatic imine (C=N–C) groups is 1. The van der Waals surface area contributed by atoms with E-state index in [1.165, 1.54) is 28.6 Å². The van der Waals surface area contributed by atoms with Crippen LogP contribution in [0.3, 0.4) is 0 Å². The van der Waals surface area contributed by atoms with Gasteiger partial charge in [0.1, 0.15) is 6.33 Å². The number of amides is 1. The van der Waals surface area contributed by atoms with E-state index in [0.29, 0.717) is 30.0 Å². The van der Waals surface area contributed by atoms with Crippen LogP contribution in [0.2, 0.25) is 0 Å². The highest BCUT2D eigenvalue weighted by atomic mass is 16.1. The number of nitrogens with one attached hydrogen (secondary N) is 1. The van der Waals surface area contributed by atoms with Crippen LogP contribution in [0.15, 0.2) is 77.0 Å². The molecule has 1 N–H and O–H groups in total. The lowest BCUT2D eigenvalue weighted by Crippen LogP contribution is -2.23. The van der Waals surface area contributed by atoms with Crippen LogP contribution >= 0.6 is 0 Å². The summed E-state index contributed by atoms with van der Waals surface area (Å²) in [6.07, 6.45) is 14.3. The van der Waals surface area contributed by atoms with Gasteiger partial charge in [-0.1, -0.05) is 39.0 Å². The molecule has 7 nitrogen and oxygen atoms in total. The van der Waals surface area contributed by atoms with Gasteiger partial charge in [-0.3, -0.25) is 14.5 Å². The molecule has 3 aromatic rings. The minimum absolute atomic E-state index is 0.230. The molecule has 3 atom stereocenters. The fraction of sp³-hybridized carbons (Fsp3) is 0.323. The first-order valence-corrected chi connectivity index (χ1v) is 13.1. The van der Waals surface area contributed by atoms with Crippen LogP contribution in [-0.4, -0.2) is 31.9 Å². The number of rotatable bonds is 5. The van der Waals surface area contributed by atoms with Crippen LogP contribution in [0, 0.1) is 11.8 Å². The number of carbonyl (C=O) groups excluding carboxylic acids is 1. The van der Waals surface area contributed by atoms with Gasteiger partial charge in [0.15, 0.2) is 5.69 Å². The normalized spacial score (nSPS) is 21.0. The van der Waals surface area contributed by atoms with Gasteiger partial charge in [0.25, 0.3) is 5.91 Å². The summed E-state index contributed by atoms with van der Waals surface area (Å²) < 4.78 is 1.77. The summed E-state index contributed by atoms with van der Waals surface area (Å²) in [6.45, 7) is 9.40. The third kappa shape index (κ3) is 5.14. The molecule has 0 fully saturated rings. The molecule has 0 bridgehead atoms. The fourth-order valence-electron chi connectivity index (χ4n) is 5.19. The monoisotopic (exact) mass is 506 g/mol. The summed E-state index contributed by atoms with van der Waals surface area (Å²) in [4.78, 5) is 25.6. The van der Waals surface area contributed by atoms with Crippen molar-refractivity contribution in [1.29, 1.82) is 0 Å². The van der Waals surface area contributed by atoms with Crippen molar-refractivity contribution in [3.05, 3.63) is 94.4 Å². The molecule has 0 spiro atoms. The van der Waals surface area contributed by atoms with Crippen LogP contribution in [0.1, 0.15) is 67.2 Å². The van der Waals surface area contributed by atoms with Gasteiger partial charge in [0, 0.05) is 43.3 Å². The number of fused-ring (bicyclic) bond motifs is 1. The van der Waals surface area contributed by atoms with Crippen molar-refractivity contribution in [3.8, 4) is 11.3 Å². The summed E-state index contributed by atoms with van der Waals surface area (Å²) in [5.74, 6) is 1.02. The van der Waals surface area contributed by atoms with Gasteiger partial charge in [0.05, 0.1) is 11.4 Å². The van der Waals surface area contributed by atoms with Crippen LogP contribution in [0.25, 0.3) is 17.3 Å². The van der Waals surface area contributed by atoms with E-state index in [1.807, 2.05) is 25.4 Å². The molecule has 3 heterocycles. The second-order valence-corrected chi connectivity index (χ2v) is 10.4. The van der Waals surface area contributed by atoms with Crippen molar-refractivity contribution in [2.24, 2.45) is 23.9 Å². The molecule has 0 saturated carbocycles. The van der Waals surface area contributed by atoms with Crippen molar-refractivity contribution in [2.45, 2.75) is 46.6 Å². The molecule has 1 aliphatic carbocycles. The Morgan fingerprint density at radius 2 is 1.92 bits per heavy atom. The molecule has 1 aliphatic heterocycles. The lowest BCUT2D eigenvalue weighted by Gasteiger charge is -2.21. The van der Waals surface area contributed by atoms with Gasteiger partial charge in [-0.05, 0) is 77.7 Å². The highest BCUT2D eigenvalue weighted by Gasteiger charge is 2.25. The first kappa shape index (κ1) is 25.5. The molecule has 3 unspecified atom stereocenters. The lowest BCUT2D eigenvalue weighted by molar-refractivity contribution is 0.0945. The average Bonchev–Trinajstić information content (AvgIpc) is 3.17. The molecule has 1 aromatic carbocycles. The molecule has 0 saturated heterocycles. The fourth-order valence-corrected chi connectivity index (χ4v) is 5.19. The predicted octanol–water partition coefficient (Wildman–Crippen LogP) is 5.88. The van der Waals surface area contributed by atoms with Crippen molar-refractivity contribution < 1.29 is 4.79 Å². The zero-order valence-corrected chi connectivity index (χ0v) is 22.6. The molecule has 7 heteroatoms. The van der Waals surface area contributed by atoms with E-state index < -0.39 is 0 Å². The van der Waals surface area contributed by atoms with Crippen molar-refractivity contribution >= 4 is 18.2 Å². The zero-order valence-electron chi connectivity index (χ0n) is 22.6. The Bertz CT molecular complexity index is 1480. The minimum atomic E-state index is -0.230. The second kappa shape index (κ2) is 10.7. The molecule has 194 valence electrons. The summed E-state index contributed by atoms with van der Waals surface area (Å²) in [6, 6.07) is 8.44. The maximum absolute atomic E-state index is 12.8. The molecule has 5 rings (SSSR count). The summed E-state index contributed by atoms with van der Waals surface area (Å²) >= 11 is 0. The van der Waals surface area contributed by atoms with Crippen molar-refractivity contribution in [1.82, 2.24) is 25.1 Å². The number of hydrogen-bond acceptors (Lipinski definition) is 5. The first-order valence-electron chi connectivity index (χ1n) is 13.1. The number of hydrogen-bond donors (Lipinski definition) is 1. The van der Waals surface area contributed by atoms with E-state index in [-0.39, 0.29) is 5.91 Å². The Morgan fingerprint density at radius 1 is 1.13 bits per heavy atom. The molecule has 1 amide bonds. The van der Waals surface area contributed by atoms with E-state index in [2.05, 4.69) is 78.4 Å². The molecule has 0 radical (unpaired) electrons. The molecule has 2 aromatic heterocycles. The summed E-state index contributed by atoms with van der Waals surface area (Å²) in [7, 11) is 1.87. The Morgan fingerprint density at radius 3 is 2.71 bits per heavy atom. The number of aromatic nitrogens is 4. The maximum atomic E-state index is 12.8. The molecule has 38 heavy (non-hydrogen) atoms. The van der Waals surface area contributed by atoms with Crippen molar-refractivity contribution in [3.63, 3.8) is 0 Å². The maximum Gasteiger partial charge on any atom is 0.272 e. The molecular weight excluding hydrogens is 472 g/mol. The number of allylic oxidation sites excluding steroid dienone is 4. The number of aryl methyl sites for hydroxylation is 1. The number of nitrogens with zero attached hydrogens (tertiary/aromatic N) is 5. The van der Waals surface area contributed by atoms with Crippen LogP contribution in [0.5, 0.6) is 0 Å². The quantitative estimate of drug-likeness (QED) is 0.468. The predicted molar refractivity (Wildman–Crippen MR) is 152 cm³/mol. The first-order chi connectivity index (χ1) is 18.3. The largest absolute Gasteiger partial charge is 0.346 e. The number of carbonyl (C=O) groups is 1. The van der Waals surface area contributed by atoms with Gasteiger partial charge < -0.3 is 5.32 Å². The Hall–Kier alpha value is -4.13. The summed E-state index contributed by atoms with van der Waals surface area (Å²) in [5.41, 5.74) is 9.34. The summed E-state index contributed by atoms with van der Waals surface area (Å²) in [5, 5.41) is 7.40. The van der Waals surface area contributed by atoms with Crippen LogP contribution in [-0.2, 0) is 13.6 Å². The standard InChI is InChI=1S/C31H34N6O/c1-19-7-6-10-34-30(22(19)4)26-11-20(2)21(3)27-9-8-24(12-25(27)13-26)29-14-28(36-37(29)5)31(38)35-17-23-15-32-18-33-16-23/h6-10,12-16,18-21H,11,17H2,1-5H3,(H,35,38). The Kier molecular flexibility index (Phi) is 7.18. The lowest BCUT2D eigenvalue weighted by atomic mass is 9.84.